The molecule has 0 radical (unpaired) electrons. The van der Waals surface area contributed by atoms with Crippen molar-refractivity contribution in [1.82, 2.24) is 20.4 Å². The number of hydrazine groups is 1. The molecule has 1 aromatic heterocycles. The third-order valence-corrected chi connectivity index (χ3v) is 1.86. The average molecular weight is 239 g/mol. The Morgan fingerprint density at radius 3 is 2.75 bits per heavy atom. The van der Waals surface area contributed by atoms with Crippen molar-refractivity contribution < 1.29 is 17.9 Å². The molecule has 0 saturated heterocycles. The molecular weight excluding hydrogens is 227 g/mol. The minimum Gasteiger partial charge on any atom is -0.370 e. The van der Waals surface area contributed by atoms with Gasteiger partial charge in [0.05, 0.1) is 24.5 Å². The van der Waals surface area contributed by atoms with Gasteiger partial charge in [-0.2, -0.15) is 13.2 Å². The molecule has 1 rings (SSSR count). The fourth-order valence-electron chi connectivity index (χ4n) is 1.12. The Morgan fingerprint density at radius 1 is 1.62 bits per heavy atom. The van der Waals surface area contributed by atoms with Gasteiger partial charge < -0.3 is 4.74 Å². The third kappa shape index (κ3) is 3.76. The highest BCUT2D eigenvalue weighted by molar-refractivity contribution is 5.01. The molecule has 6 nitrogen and oxygen atoms in total. The lowest BCUT2D eigenvalue weighted by Crippen LogP contribution is -2.34. The zero-order chi connectivity index (χ0) is 12.2. The topological polar surface area (TPSA) is 78.0 Å². The van der Waals surface area contributed by atoms with Crippen molar-refractivity contribution >= 4 is 0 Å². The Kier molecular flexibility index (Phi) is 4.21. The molecule has 0 spiro atoms. The Bertz CT molecular complexity index is 326. The minimum absolute atomic E-state index is 0.211. The lowest BCUT2D eigenvalue weighted by molar-refractivity contribution is -0.175. The van der Waals surface area contributed by atoms with Crippen molar-refractivity contribution in [2.45, 2.75) is 12.2 Å². The van der Waals surface area contributed by atoms with E-state index in [1.165, 1.54) is 10.9 Å². The number of hydrogen-bond donors (Lipinski definition) is 2. The first-order valence-electron chi connectivity index (χ1n) is 4.39. The average Bonchev–Trinajstić information content (AvgIpc) is 2.58. The van der Waals surface area contributed by atoms with E-state index < -0.39 is 18.8 Å². The number of nitrogens with two attached hydrogens (primary N) is 1. The molecule has 0 saturated carbocycles. The maximum absolute atomic E-state index is 11.8. The second-order valence-corrected chi connectivity index (χ2v) is 3.13. The van der Waals surface area contributed by atoms with Crippen molar-refractivity contribution in [3.63, 3.8) is 0 Å². The molecule has 0 amide bonds. The van der Waals surface area contributed by atoms with Gasteiger partial charge in [-0.1, -0.05) is 5.21 Å². The summed E-state index contributed by atoms with van der Waals surface area (Å²) in [5.41, 5.74) is 2.88. The van der Waals surface area contributed by atoms with Crippen molar-refractivity contribution in [3.05, 3.63) is 11.9 Å². The van der Waals surface area contributed by atoms with E-state index in [1.807, 2.05) is 0 Å². The Labute approximate surface area is 89.5 Å². The SMILES string of the molecule is Cn1nncc1C(COCC(F)(F)F)NN. The Balaban J connectivity index is 2.48. The number of aromatic nitrogens is 3. The molecule has 1 unspecified atom stereocenters. The summed E-state index contributed by atoms with van der Waals surface area (Å²) in [6.07, 6.45) is -2.94. The monoisotopic (exact) mass is 239 g/mol. The zero-order valence-electron chi connectivity index (χ0n) is 8.53. The van der Waals surface area contributed by atoms with Crippen LogP contribution in [0, 0.1) is 0 Å². The van der Waals surface area contributed by atoms with E-state index in [0.717, 1.165) is 0 Å². The van der Waals surface area contributed by atoms with Gasteiger partial charge in [0.25, 0.3) is 0 Å². The Morgan fingerprint density at radius 2 is 2.31 bits per heavy atom. The molecule has 0 aliphatic rings. The predicted molar refractivity (Wildman–Crippen MR) is 47.9 cm³/mol. The molecule has 0 fully saturated rings. The number of rotatable bonds is 5. The number of nitrogens with one attached hydrogen (secondary N) is 1. The van der Waals surface area contributed by atoms with Crippen LogP contribution in [-0.2, 0) is 11.8 Å². The molecule has 0 bridgehead atoms. The van der Waals surface area contributed by atoms with E-state index >= 15 is 0 Å². The number of alkyl halides is 3. The van der Waals surface area contributed by atoms with Crippen molar-refractivity contribution in [2.75, 3.05) is 13.2 Å². The molecule has 0 aliphatic heterocycles. The summed E-state index contributed by atoms with van der Waals surface area (Å²) in [5.74, 6) is 5.20. The zero-order valence-corrected chi connectivity index (χ0v) is 8.53. The fourth-order valence-corrected chi connectivity index (χ4v) is 1.12. The normalized spacial score (nSPS) is 14.1. The summed E-state index contributed by atoms with van der Waals surface area (Å²) in [4.78, 5) is 0. The highest BCUT2D eigenvalue weighted by Gasteiger charge is 2.28. The van der Waals surface area contributed by atoms with Crippen LogP contribution in [-0.4, -0.2) is 34.4 Å². The first-order chi connectivity index (χ1) is 7.44. The van der Waals surface area contributed by atoms with Gasteiger partial charge in [0.1, 0.15) is 6.61 Å². The van der Waals surface area contributed by atoms with Crippen LogP contribution in [0.4, 0.5) is 13.2 Å². The molecule has 0 aromatic carbocycles. The van der Waals surface area contributed by atoms with E-state index in [-0.39, 0.29) is 6.61 Å². The van der Waals surface area contributed by atoms with Crippen LogP contribution < -0.4 is 11.3 Å². The number of nitrogens with zero attached hydrogens (tertiary/aromatic N) is 3. The van der Waals surface area contributed by atoms with E-state index in [9.17, 15) is 13.2 Å². The van der Waals surface area contributed by atoms with Crippen molar-refractivity contribution in [3.8, 4) is 0 Å². The van der Waals surface area contributed by atoms with E-state index in [2.05, 4.69) is 20.5 Å². The fraction of sp³-hybridized carbons (Fsp3) is 0.714. The summed E-state index contributed by atoms with van der Waals surface area (Å²) in [6, 6.07) is -0.581. The van der Waals surface area contributed by atoms with Gasteiger partial charge in [0.2, 0.25) is 0 Å². The summed E-state index contributed by atoms with van der Waals surface area (Å²) < 4.78 is 41.4. The number of halogens is 3. The summed E-state index contributed by atoms with van der Waals surface area (Å²) in [5, 5.41) is 7.22. The predicted octanol–water partition coefficient (Wildman–Crippen LogP) is -0.102. The highest BCUT2D eigenvalue weighted by atomic mass is 19.4. The third-order valence-electron chi connectivity index (χ3n) is 1.86. The number of hydrogen-bond acceptors (Lipinski definition) is 5. The first kappa shape index (κ1) is 12.9. The molecule has 92 valence electrons. The number of aryl methyl sites for hydroxylation is 1. The molecular formula is C7H12F3N5O. The molecule has 0 aliphatic carbocycles. The lowest BCUT2D eigenvalue weighted by Gasteiger charge is -2.16. The van der Waals surface area contributed by atoms with Crippen molar-refractivity contribution in [1.29, 1.82) is 0 Å². The molecule has 3 N–H and O–H groups in total. The second kappa shape index (κ2) is 5.23. The van der Waals surface area contributed by atoms with E-state index in [0.29, 0.717) is 5.69 Å². The maximum atomic E-state index is 11.8. The number of ether oxygens (including phenoxy) is 1. The molecule has 9 heteroatoms. The highest BCUT2D eigenvalue weighted by Crippen LogP contribution is 2.16. The lowest BCUT2D eigenvalue weighted by atomic mass is 10.2. The summed E-state index contributed by atoms with van der Waals surface area (Å²) >= 11 is 0. The largest absolute Gasteiger partial charge is 0.411 e. The van der Waals surface area contributed by atoms with Crippen LogP contribution in [0.1, 0.15) is 11.7 Å². The van der Waals surface area contributed by atoms with E-state index in [4.69, 9.17) is 5.84 Å². The summed E-state index contributed by atoms with van der Waals surface area (Å²) in [6.45, 7) is -1.52. The second-order valence-electron chi connectivity index (χ2n) is 3.13. The van der Waals surface area contributed by atoms with Gasteiger partial charge in [-0.05, 0) is 0 Å². The van der Waals surface area contributed by atoms with Crippen LogP contribution in [0.3, 0.4) is 0 Å². The van der Waals surface area contributed by atoms with Crippen LogP contribution in [0.2, 0.25) is 0 Å². The maximum Gasteiger partial charge on any atom is 0.411 e. The van der Waals surface area contributed by atoms with E-state index in [1.54, 1.807) is 7.05 Å². The molecule has 16 heavy (non-hydrogen) atoms. The van der Waals surface area contributed by atoms with Gasteiger partial charge in [-0.15, -0.1) is 5.10 Å². The van der Waals surface area contributed by atoms with Gasteiger partial charge in [0, 0.05) is 7.05 Å². The Hall–Kier alpha value is -1.19. The van der Waals surface area contributed by atoms with Crippen molar-refractivity contribution in [2.24, 2.45) is 12.9 Å². The van der Waals surface area contributed by atoms with Gasteiger partial charge >= 0.3 is 6.18 Å². The minimum atomic E-state index is -4.34. The molecule has 1 atom stereocenters. The van der Waals surface area contributed by atoms with Gasteiger partial charge in [-0.3, -0.25) is 10.5 Å². The first-order valence-corrected chi connectivity index (χ1v) is 4.39. The standard InChI is InChI=1S/C7H12F3N5O/c1-15-6(2-12-14-15)5(13-11)3-16-4-7(8,9)10/h2,5,13H,3-4,11H2,1H3. The quantitative estimate of drug-likeness (QED) is 0.554. The van der Waals surface area contributed by atoms with Crippen LogP contribution >= 0.6 is 0 Å². The molecule has 1 aromatic rings. The van der Waals surface area contributed by atoms with Gasteiger partial charge in [0.15, 0.2) is 0 Å². The summed E-state index contributed by atoms with van der Waals surface area (Å²) in [7, 11) is 1.61. The molecule has 1 heterocycles. The van der Waals surface area contributed by atoms with Crippen LogP contribution in [0.25, 0.3) is 0 Å². The van der Waals surface area contributed by atoms with Crippen LogP contribution in [0.15, 0.2) is 6.20 Å². The smallest absolute Gasteiger partial charge is 0.370 e. The van der Waals surface area contributed by atoms with Gasteiger partial charge in [-0.25, -0.2) is 5.43 Å². The van der Waals surface area contributed by atoms with Crippen LogP contribution in [0.5, 0.6) is 0 Å².